The predicted molar refractivity (Wildman–Crippen MR) is 76.5 cm³/mol. The van der Waals surface area contributed by atoms with Crippen molar-refractivity contribution in [1.29, 1.82) is 0 Å². The summed E-state index contributed by atoms with van der Waals surface area (Å²) in [6.07, 6.45) is 1.44. The van der Waals surface area contributed by atoms with Crippen molar-refractivity contribution in [3.8, 4) is 0 Å². The molecule has 9 heteroatoms. The molecule has 1 radical (unpaired) electrons. The topological polar surface area (TPSA) is 61.9 Å². The Bertz CT molecular complexity index is 355. The van der Waals surface area contributed by atoms with Gasteiger partial charge in [0, 0.05) is 19.3 Å². The van der Waals surface area contributed by atoms with Gasteiger partial charge in [0.1, 0.15) is 0 Å². The molecule has 0 unspecified atom stereocenters. The van der Waals surface area contributed by atoms with Crippen molar-refractivity contribution >= 4 is 47.6 Å². The normalized spacial score (nSPS) is 13.4. The number of ether oxygens (including phenoxy) is 1. The number of nitrogens with zero attached hydrogens (tertiary/aromatic N) is 5. The summed E-state index contributed by atoms with van der Waals surface area (Å²) in [4.78, 5) is 1.67. The molecule has 0 heterocycles. The maximum absolute atomic E-state index is 4.93. The first kappa shape index (κ1) is 19.6. The van der Waals surface area contributed by atoms with Crippen LogP contribution in [0.25, 0.3) is 0 Å². The largest absolute Gasteiger partial charge is 2.00 e. The molecule has 18 heavy (non-hydrogen) atoms. The maximum atomic E-state index is 4.93. The fourth-order valence-electron chi connectivity index (χ4n) is 0.549. The van der Waals surface area contributed by atoms with Crippen molar-refractivity contribution in [2.45, 2.75) is 13.8 Å². The Hall–Kier alpha value is -0.761. The van der Waals surface area contributed by atoms with Crippen molar-refractivity contribution in [2.75, 3.05) is 20.7 Å². The third kappa shape index (κ3) is 10.4. The van der Waals surface area contributed by atoms with Crippen molar-refractivity contribution < 1.29 is 21.8 Å². The molecule has 0 aliphatic carbocycles. The molecule has 0 spiro atoms. The van der Waals surface area contributed by atoms with Crippen LogP contribution in [-0.2, 0) is 47.1 Å². The molecule has 6 nitrogen and oxygen atoms in total. The zero-order chi connectivity index (χ0) is 13.3. The number of hydrogen-bond acceptors (Lipinski definition) is 7. The van der Waals surface area contributed by atoms with Gasteiger partial charge < -0.3 is 34.9 Å². The zero-order valence-electron chi connectivity index (χ0n) is 10.5. The van der Waals surface area contributed by atoms with E-state index in [1.807, 2.05) is 6.92 Å². The van der Waals surface area contributed by atoms with Gasteiger partial charge >= 0.3 is 17.1 Å². The Morgan fingerprint density at radius 2 is 1.83 bits per heavy atom. The molecule has 105 valence electrons. The Morgan fingerprint density at radius 3 is 2.33 bits per heavy atom. The second-order valence-electron chi connectivity index (χ2n) is 3.06. The SMILES string of the molecule is CCOC([S-])=NN=C(C)C=NN=C([S-])N(C)C.[Cu+2]. The van der Waals surface area contributed by atoms with Crippen LogP contribution in [-0.4, -0.2) is 47.9 Å². The monoisotopic (exact) mass is 336 g/mol. The fourth-order valence-corrected chi connectivity index (χ4v) is 0.755. The molecule has 0 N–H and O–H groups in total. The van der Waals surface area contributed by atoms with Gasteiger partial charge in [0.05, 0.1) is 23.8 Å². The quantitative estimate of drug-likeness (QED) is 0.250. The van der Waals surface area contributed by atoms with E-state index in [4.69, 9.17) is 30.0 Å². The van der Waals surface area contributed by atoms with E-state index in [0.29, 0.717) is 17.5 Å². The third-order valence-electron chi connectivity index (χ3n) is 1.33. The van der Waals surface area contributed by atoms with Gasteiger partial charge in [0.25, 0.3) is 0 Å². The number of rotatable bonds is 4. The van der Waals surface area contributed by atoms with E-state index in [2.05, 4.69) is 20.4 Å². The van der Waals surface area contributed by atoms with E-state index < -0.39 is 0 Å². The molecule has 0 aliphatic rings. The van der Waals surface area contributed by atoms with E-state index in [9.17, 15) is 0 Å². The van der Waals surface area contributed by atoms with Crippen LogP contribution in [0.1, 0.15) is 13.8 Å². The molecule has 0 aromatic rings. The van der Waals surface area contributed by atoms with Gasteiger partial charge in [-0.25, -0.2) is 0 Å². The third-order valence-corrected chi connectivity index (χ3v) is 1.97. The molecular formula is C9H15CuN5OS2. The van der Waals surface area contributed by atoms with Crippen molar-refractivity contribution in [3.05, 3.63) is 0 Å². The second kappa shape index (κ2) is 11.3. The fraction of sp³-hybridized carbons (Fsp3) is 0.556. The predicted octanol–water partition coefficient (Wildman–Crippen LogP) is 0.750. The van der Waals surface area contributed by atoms with Crippen molar-refractivity contribution in [3.63, 3.8) is 0 Å². The number of hydrogen-bond donors (Lipinski definition) is 0. The molecule has 0 aromatic carbocycles. The molecule has 0 amide bonds. The molecule has 0 bridgehead atoms. The maximum Gasteiger partial charge on any atom is 2.00 e. The van der Waals surface area contributed by atoms with Gasteiger partial charge in [-0.05, 0) is 13.8 Å². The molecule has 0 aromatic heterocycles. The van der Waals surface area contributed by atoms with Gasteiger partial charge in [-0.3, -0.25) is 0 Å². The number of amidine groups is 1. The summed E-state index contributed by atoms with van der Waals surface area (Å²) in [6, 6.07) is 0. The Balaban J connectivity index is 0. The van der Waals surface area contributed by atoms with Crippen LogP contribution in [0.2, 0.25) is 0 Å². The van der Waals surface area contributed by atoms with Crippen LogP contribution in [0.3, 0.4) is 0 Å². The van der Waals surface area contributed by atoms with Gasteiger partial charge in [-0.2, -0.15) is 15.3 Å². The first-order valence-corrected chi connectivity index (χ1v) is 5.66. The van der Waals surface area contributed by atoms with Gasteiger partial charge in [0.2, 0.25) is 0 Å². The minimum Gasteiger partial charge on any atom is -0.741 e. The van der Waals surface area contributed by atoms with Gasteiger partial charge in [-0.15, -0.1) is 5.10 Å². The summed E-state index contributed by atoms with van der Waals surface area (Å²) in [5, 5.41) is 15.5. The van der Waals surface area contributed by atoms with Crippen LogP contribution in [0.4, 0.5) is 0 Å². The molecule has 0 saturated carbocycles. The van der Waals surface area contributed by atoms with Crippen LogP contribution < -0.4 is 0 Å². The van der Waals surface area contributed by atoms with Crippen LogP contribution in [0, 0.1) is 0 Å². The van der Waals surface area contributed by atoms with Gasteiger partial charge in [0.15, 0.2) is 0 Å². The van der Waals surface area contributed by atoms with E-state index in [0.717, 1.165) is 0 Å². The van der Waals surface area contributed by atoms with E-state index in [-0.39, 0.29) is 22.3 Å². The molecule has 0 saturated heterocycles. The zero-order valence-corrected chi connectivity index (χ0v) is 13.1. The van der Waals surface area contributed by atoms with Crippen LogP contribution in [0.5, 0.6) is 0 Å². The molecule has 0 fully saturated rings. The van der Waals surface area contributed by atoms with Crippen LogP contribution in [0.15, 0.2) is 20.4 Å². The van der Waals surface area contributed by atoms with E-state index >= 15 is 0 Å². The second-order valence-corrected chi connectivity index (χ2v) is 3.78. The summed E-state index contributed by atoms with van der Waals surface area (Å²) in [5.41, 5.74) is 0.553. The van der Waals surface area contributed by atoms with E-state index in [1.54, 1.807) is 25.9 Å². The average molecular weight is 337 g/mol. The smallest absolute Gasteiger partial charge is 0.741 e. The average Bonchev–Trinajstić information content (AvgIpc) is 2.26. The standard InChI is InChI=1S/C9H17N5OS2.Cu/c1-5-15-9(17)13-11-7(2)6-10-12-8(16)14(3)4;/h6H,5H2,1-4H3,(H,12,16)(H,13,17);/q;+2/p-2. The molecular weight excluding hydrogens is 322 g/mol. The summed E-state index contributed by atoms with van der Waals surface area (Å²) >= 11 is 9.68. The Morgan fingerprint density at radius 1 is 1.22 bits per heavy atom. The molecule has 0 rings (SSSR count). The minimum absolute atomic E-state index is 0. The molecule has 0 aliphatic heterocycles. The van der Waals surface area contributed by atoms with Crippen LogP contribution >= 0.6 is 0 Å². The summed E-state index contributed by atoms with van der Waals surface area (Å²) < 4.78 is 4.93. The van der Waals surface area contributed by atoms with Crippen molar-refractivity contribution in [2.24, 2.45) is 20.4 Å². The van der Waals surface area contributed by atoms with Crippen molar-refractivity contribution in [1.82, 2.24) is 4.90 Å². The minimum atomic E-state index is 0. The summed E-state index contributed by atoms with van der Waals surface area (Å²) in [5.74, 6) is 0. The van der Waals surface area contributed by atoms with E-state index in [1.165, 1.54) is 6.21 Å². The van der Waals surface area contributed by atoms with Gasteiger partial charge in [-0.1, -0.05) is 0 Å². The Kier molecular flexibility index (Phi) is 12.3. The summed E-state index contributed by atoms with van der Waals surface area (Å²) in [7, 11) is 3.58. The summed E-state index contributed by atoms with van der Waals surface area (Å²) in [6.45, 7) is 4.01. The first-order chi connectivity index (χ1) is 7.97. The Labute approximate surface area is 129 Å². The molecule has 0 atom stereocenters. The first-order valence-electron chi connectivity index (χ1n) is 4.84.